The Labute approximate surface area is 157 Å². The molecule has 1 rings (SSSR count). The fourth-order valence-corrected chi connectivity index (χ4v) is 3.32. The van der Waals surface area contributed by atoms with Gasteiger partial charge < -0.3 is 30.6 Å². The minimum atomic E-state index is -1.37. The van der Waals surface area contributed by atoms with E-state index in [0.717, 1.165) is 19.3 Å². The average Bonchev–Trinajstić information content (AvgIpc) is 2.65. The molecule has 26 heavy (non-hydrogen) atoms. The molecule has 0 aromatic rings. The topological polar surface area (TPSA) is 113 Å². The summed E-state index contributed by atoms with van der Waals surface area (Å²) in [6.07, 6.45) is 6.04. The zero-order valence-corrected chi connectivity index (χ0v) is 16.0. The quantitative estimate of drug-likeness (QED) is 0.281. The molecule has 0 bridgehead atoms. The standard InChI is InChI=1S/C19H38N2O5/c22-14-10-16(23)19(26)17(24)15-20-18(25)9-5-2-1-3-6-11-21-12-7-4-8-13-21/h16-17,19,22-24,26H,1-15H2,(H,20,25). The van der Waals surface area contributed by atoms with Crippen molar-refractivity contribution >= 4 is 5.91 Å². The molecule has 3 atom stereocenters. The van der Waals surface area contributed by atoms with Crippen LogP contribution < -0.4 is 5.32 Å². The number of rotatable bonds is 14. The van der Waals surface area contributed by atoms with Crippen LogP contribution in [0.4, 0.5) is 0 Å². The molecule has 0 aromatic heterocycles. The summed E-state index contributed by atoms with van der Waals surface area (Å²) in [7, 11) is 0. The Morgan fingerprint density at radius 3 is 2.27 bits per heavy atom. The van der Waals surface area contributed by atoms with E-state index >= 15 is 0 Å². The summed E-state index contributed by atoms with van der Waals surface area (Å²) in [4.78, 5) is 14.3. The Morgan fingerprint density at radius 1 is 0.923 bits per heavy atom. The van der Waals surface area contributed by atoms with Gasteiger partial charge in [0.2, 0.25) is 5.91 Å². The molecule has 1 saturated heterocycles. The number of nitrogens with zero attached hydrogens (tertiary/aromatic N) is 1. The summed E-state index contributed by atoms with van der Waals surface area (Å²) < 4.78 is 0. The Kier molecular flexibility index (Phi) is 12.9. The molecule has 1 aliphatic heterocycles. The van der Waals surface area contributed by atoms with Crippen molar-refractivity contribution < 1.29 is 25.2 Å². The first-order valence-corrected chi connectivity index (χ1v) is 10.2. The highest BCUT2D eigenvalue weighted by molar-refractivity contribution is 5.75. The highest BCUT2D eigenvalue weighted by Gasteiger charge is 2.24. The molecule has 0 radical (unpaired) electrons. The van der Waals surface area contributed by atoms with E-state index in [0.29, 0.717) is 6.42 Å². The van der Waals surface area contributed by atoms with E-state index in [4.69, 9.17) is 5.11 Å². The van der Waals surface area contributed by atoms with Crippen LogP contribution in [-0.2, 0) is 4.79 Å². The number of nitrogens with one attached hydrogen (secondary N) is 1. The van der Waals surface area contributed by atoms with Crippen molar-refractivity contribution in [3.63, 3.8) is 0 Å². The van der Waals surface area contributed by atoms with E-state index in [2.05, 4.69) is 10.2 Å². The zero-order chi connectivity index (χ0) is 19.2. The van der Waals surface area contributed by atoms with Gasteiger partial charge in [-0.3, -0.25) is 4.79 Å². The number of carbonyl (C=O) groups is 1. The van der Waals surface area contributed by atoms with Crippen LogP contribution in [0, 0.1) is 0 Å². The molecule has 1 amide bonds. The molecule has 0 aliphatic carbocycles. The van der Waals surface area contributed by atoms with Gasteiger partial charge in [-0.15, -0.1) is 0 Å². The molecule has 1 aliphatic rings. The third-order valence-electron chi connectivity index (χ3n) is 5.05. The van der Waals surface area contributed by atoms with Crippen LogP contribution in [0.25, 0.3) is 0 Å². The van der Waals surface area contributed by atoms with Gasteiger partial charge in [0, 0.05) is 19.6 Å². The molecular formula is C19H38N2O5. The molecule has 0 spiro atoms. The largest absolute Gasteiger partial charge is 0.396 e. The van der Waals surface area contributed by atoms with Gasteiger partial charge in [0.25, 0.3) is 0 Å². The average molecular weight is 375 g/mol. The highest BCUT2D eigenvalue weighted by atomic mass is 16.4. The Bertz CT molecular complexity index is 364. The first-order chi connectivity index (χ1) is 12.5. The molecule has 0 aromatic carbocycles. The molecular weight excluding hydrogens is 336 g/mol. The summed E-state index contributed by atoms with van der Waals surface area (Å²) in [5.41, 5.74) is 0. The lowest BCUT2D eigenvalue weighted by molar-refractivity contribution is -0.122. The first kappa shape index (κ1) is 23.3. The summed E-state index contributed by atoms with van der Waals surface area (Å²) >= 11 is 0. The van der Waals surface area contributed by atoms with Crippen molar-refractivity contribution in [1.29, 1.82) is 0 Å². The second kappa shape index (κ2) is 14.3. The van der Waals surface area contributed by atoms with Gasteiger partial charge in [-0.05, 0) is 51.7 Å². The van der Waals surface area contributed by atoms with Crippen molar-refractivity contribution in [2.45, 2.75) is 82.5 Å². The fraction of sp³-hybridized carbons (Fsp3) is 0.947. The van der Waals surface area contributed by atoms with Crippen molar-refractivity contribution in [3.8, 4) is 0 Å². The van der Waals surface area contributed by atoms with Crippen LogP contribution in [0.5, 0.6) is 0 Å². The lowest BCUT2D eigenvalue weighted by Crippen LogP contribution is -2.44. The van der Waals surface area contributed by atoms with Crippen molar-refractivity contribution in [1.82, 2.24) is 10.2 Å². The number of likely N-dealkylation sites (tertiary alicyclic amines) is 1. The minimum absolute atomic E-state index is 0.00999. The van der Waals surface area contributed by atoms with Crippen LogP contribution in [0.2, 0.25) is 0 Å². The normalized spacial score (nSPS) is 19.1. The third-order valence-corrected chi connectivity index (χ3v) is 5.05. The number of piperidine rings is 1. The summed E-state index contributed by atoms with van der Waals surface area (Å²) in [5, 5.41) is 40.2. The number of aliphatic hydroxyl groups is 4. The van der Waals surface area contributed by atoms with E-state index in [9.17, 15) is 20.1 Å². The van der Waals surface area contributed by atoms with E-state index in [1.807, 2.05) is 0 Å². The van der Waals surface area contributed by atoms with Gasteiger partial charge >= 0.3 is 0 Å². The molecule has 3 unspecified atom stereocenters. The minimum Gasteiger partial charge on any atom is -0.396 e. The number of unbranched alkanes of at least 4 members (excludes halogenated alkanes) is 4. The number of hydrogen-bond donors (Lipinski definition) is 5. The van der Waals surface area contributed by atoms with Crippen LogP contribution >= 0.6 is 0 Å². The second-order valence-corrected chi connectivity index (χ2v) is 7.36. The zero-order valence-electron chi connectivity index (χ0n) is 16.0. The number of hydrogen-bond acceptors (Lipinski definition) is 6. The molecule has 0 saturated carbocycles. The van der Waals surface area contributed by atoms with Gasteiger partial charge in [0.05, 0.1) is 12.2 Å². The van der Waals surface area contributed by atoms with Gasteiger partial charge in [0.15, 0.2) is 0 Å². The predicted octanol–water partition coefficient (Wildman–Crippen LogP) is 0.394. The molecule has 1 heterocycles. The number of amides is 1. The van der Waals surface area contributed by atoms with Gasteiger partial charge in [0.1, 0.15) is 6.10 Å². The number of aliphatic hydroxyl groups excluding tert-OH is 4. The van der Waals surface area contributed by atoms with E-state index in [1.54, 1.807) is 0 Å². The number of carbonyl (C=O) groups excluding carboxylic acids is 1. The van der Waals surface area contributed by atoms with E-state index in [-0.39, 0.29) is 25.5 Å². The van der Waals surface area contributed by atoms with Crippen molar-refractivity contribution in [3.05, 3.63) is 0 Å². The SMILES string of the molecule is O=C(CCCCCCCN1CCCCC1)NCC(O)C(O)C(O)CCO. The van der Waals surface area contributed by atoms with Gasteiger partial charge in [-0.2, -0.15) is 0 Å². The van der Waals surface area contributed by atoms with E-state index < -0.39 is 18.3 Å². The maximum absolute atomic E-state index is 11.7. The van der Waals surface area contributed by atoms with Crippen molar-refractivity contribution in [2.24, 2.45) is 0 Å². The van der Waals surface area contributed by atoms with E-state index in [1.165, 1.54) is 51.7 Å². The molecule has 7 heteroatoms. The molecule has 5 N–H and O–H groups in total. The van der Waals surface area contributed by atoms with Gasteiger partial charge in [-0.25, -0.2) is 0 Å². The summed E-state index contributed by atoms with van der Waals surface area (Å²) in [6, 6.07) is 0. The molecule has 7 nitrogen and oxygen atoms in total. The summed E-state index contributed by atoms with van der Waals surface area (Å²) in [6.45, 7) is 3.33. The first-order valence-electron chi connectivity index (χ1n) is 10.2. The van der Waals surface area contributed by atoms with Crippen LogP contribution in [0.3, 0.4) is 0 Å². The van der Waals surface area contributed by atoms with Crippen LogP contribution in [0.15, 0.2) is 0 Å². The Hall–Kier alpha value is -0.730. The maximum Gasteiger partial charge on any atom is 0.220 e. The van der Waals surface area contributed by atoms with Crippen molar-refractivity contribution in [2.75, 3.05) is 32.8 Å². The summed E-state index contributed by atoms with van der Waals surface area (Å²) in [5.74, 6) is -0.152. The maximum atomic E-state index is 11.7. The fourth-order valence-electron chi connectivity index (χ4n) is 3.32. The Balaban J connectivity index is 1.96. The monoisotopic (exact) mass is 374 g/mol. The highest BCUT2D eigenvalue weighted by Crippen LogP contribution is 2.11. The van der Waals surface area contributed by atoms with Gasteiger partial charge in [-0.1, -0.05) is 25.7 Å². The molecule has 1 fully saturated rings. The molecule has 154 valence electrons. The second-order valence-electron chi connectivity index (χ2n) is 7.36. The lowest BCUT2D eigenvalue weighted by atomic mass is 10.1. The lowest BCUT2D eigenvalue weighted by Gasteiger charge is -2.26. The smallest absolute Gasteiger partial charge is 0.220 e. The third kappa shape index (κ3) is 10.4. The predicted molar refractivity (Wildman–Crippen MR) is 101 cm³/mol. The Morgan fingerprint density at radius 2 is 1.58 bits per heavy atom. The van der Waals surface area contributed by atoms with Crippen LogP contribution in [-0.4, -0.2) is 82.3 Å². The van der Waals surface area contributed by atoms with Crippen LogP contribution in [0.1, 0.15) is 64.2 Å².